The van der Waals surface area contributed by atoms with Gasteiger partial charge in [0.2, 0.25) is 0 Å². The van der Waals surface area contributed by atoms with Crippen molar-refractivity contribution in [2.45, 2.75) is 38.1 Å². The van der Waals surface area contributed by atoms with E-state index in [1.165, 1.54) is 36.1 Å². The number of hydrogen-bond acceptors (Lipinski definition) is 2. The standard InChI is InChI=1S/C13H19NS/c1-3-14-13(12-8-6-10-15-12)9-5-4-7-11(13)2/h6,8,10,14H,2-5,7,9H2,1H3/t13-/m0/s1. The second kappa shape index (κ2) is 4.50. The minimum Gasteiger partial charge on any atom is -0.304 e. The second-order valence-electron chi connectivity index (χ2n) is 4.22. The van der Waals surface area contributed by atoms with Crippen molar-refractivity contribution in [3.8, 4) is 0 Å². The molecule has 15 heavy (non-hydrogen) atoms. The molecule has 1 aromatic rings. The van der Waals surface area contributed by atoms with Crippen LogP contribution in [0.1, 0.15) is 37.5 Å². The zero-order valence-electron chi connectivity index (χ0n) is 9.38. The summed E-state index contributed by atoms with van der Waals surface area (Å²) < 4.78 is 0. The van der Waals surface area contributed by atoms with Crippen LogP contribution in [0.4, 0.5) is 0 Å². The smallest absolute Gasteiger partial charge is 0.0741 e. The van der Waals surface area contributed by atoms with E-state index >= 15 is 0 Å². The highest BCUT2D eigenvalue weighted by Crippen LogP contribution is 2.42. The first-order valence-corrected chi connectivity index (χ1v) is 6.65. The molecule has 1 N–H and O–H groups in total. The Morgan fingerprint density at radius 2 is 2.40 bits per heavy atom. The van der Waals surface area contributed by atoms with Crippen LogP contribution in [0.15, 0.2) is 29.7 Å². The van der Waals surface area contributed by atoms with Gasteiger partial charge in [-0.1, -0.05) is 31.6 Å². The van der Waals surface area contributed by atoms with Crippen LogP contribution in [0.3, 0.4) is 0 Å². The molecular weight excluding hydrogens is 202 g/mol. The van der Waals surface area contributed by atoms with Gasteiger partial charge in [0.05, 0.1) is 5.54 Å². The zero-order chi connectivity index (χ0) is 10.7. The van der Waals surface area contributed by atoms with E-state index in [0.717, 1.165) is 6.54 Å². The van der Waals surface area contributed by atoms with Crippen LogP contribution in [0.5, 0.6) is 0 Å². The molecule has 2 rings (SSSR count). The van der Waals surface area contributed by atoms with E-state index in [9.17, 15) is 0 Å². The third-order valence-electron chi connectivity index (χ3n) is 3.30. The van der Waals surface area contributed by atoms with Gasteiger partial charge in [0.1, 0.15) is 0 Å². The molecule has 0 spiro atoms. The van der Waals surface area contributed by atoms with E-state index in [0.29, 0.717) is 0 Å². The molecular formula is C13H19NS. The van der Waals surface area contributed by atoms with Crippen LogP contribution in [0.25, 0.3) is 0 Å². The van der Waals surface area contributed by atoms with Crippen LogP contribution < -0.4 is 5.32 Å². The number of nitrogens with one attached hydrogen (secondary N) is 1. The molecule has 1 nitrogen and oxygen atoms in total. The second-order valence-corrected chi connectivity index (χ2v) is 5.17. The summed E-state index contributed by atoms with van der Waals surface area (Å²) in [6.45, 7) is 7.48. The van der Waals surface area contributed by atoms with Crippen LogP contribution in [-0.2, 0) is 5.54 Å². The summed E-state index contributed by atoms with van der Waals surface area (Å²) in [6.07, 6.45) is 4.99. The van der Waals surface area contributed by atoms with Gasteiger partial charge in [0, 0.05) is 4.88 Å². The normalized spacial score (nSPS) is 26.9. The molecule has 1 aliphatic carbocycles. The maximum Gasteiger partial charge on any atom is 0.0741 e. The Kier molecular flexibility index (Phi) is 3.27. The predicted molar refractivity (Wildman–Crippen MR) is 67.3 cm³/mol. The zero-order valence-corrected chi connectivity index (χ0v) is 10.2. The Bertz CT molecular complexity index is 324. The fourth-order valence-corrected chi connectivity index (χ4v) is 3.52. The minimum absolute atomic E-state index is 0.0845. The topological polar surface area (TPSA) is 12.0 Å². The molecule has 1 atom stereocenters. The molecule has 0 bridgehead atoms. The van der Waals surface area contributed by atoms with Gasteiger partial charge in [0.25, 0.3) is 0 Å². The molecule has 0 unspecified atom stereocenters. The fourth-order valence-electron chi connectivity index (χ4n) is 2.54. The molecule has 2 heteroatoms. The van der Waals surface area contributed by atoms with Crippen molar-refractivity contribution in [3.05, 3.63) is 34.5 Å². The summed E-state index contributed by atoms with van der Waals surface area (Å²) in [5, 5.41) is 5.82. The molecule has 0 aliphatic heterocycles. The summed E-state index contributed by atoms with van der Waals surface area (Å²) in [5.41, 5.74) is 1.46. The fraction of sp³-hybridized carbons (Fsp3) is 0.538. The molecule has 0 amide bonds. The first kappa shape index (κ1) is 10.9. The quantitative estimate of drug-likeness (QED) is 0.768. The van der Waals surface area contributed by atoms with Crippen LogP contribution in [0, 0.1) is 0 Å². The molecule has 1 heterocycles. The number of hydrogen-bond donors (Lipinski definition) is 1. The van der Waals surface area contributed by atoms with Gasteiger partial charge >= 0.3 is 0 Å². The Morgan fingerprint density at radius 3 is 3.00 bits per heavy atom. The van der Waals surface area contributed by atoms with Gasteiger partial charge in [-0.15, -0.1) is 11.3 Å². The molecule has 1 fully saturated rings. The Balaban J connectivity index is 2.34. The summed E-state index contributed by atoms with van der Waals surface area (Å²) in [7, 11) is 0. The third-order valence-corrected chi connectivity index (χ3v) is 4.34. The van der Waals surface area contributed by atoms with Gasteiger partial charge in [-0.2, -0.15) is 0 Å². The highest BCUT2D eigenvalue weighted by Gasteiger charge is 2.36. The van der Waals surface area contributed by atoms with Gasteiger partial charge < -0.3 is 5.32 Å². The summed E-state index contributed by atoms with van der Waals surface area (Å²) in [4.78, 5) is 1.44. The minimum atomic E-state index is 0.0845. The van der Waals surface area contributed by atoms with Crippen LogP contribution in [-0.4, -0.2) is 6.54 Å². The van der Waals surface area contributed by atoms with Gasteiger partial charge in [-0.3, -0.25) is 0 Å². The van der Waals surface area contributed by atoms with Gasteiger partial charge in [-0.25, -0.2) is 0 Å². The predicted octanol–water partition coefficient (Wildman–Crippen LogP) is 3.68. The van der Waals surface area contributed by atoms with E-state index < -0.39 is 0 Å². The first-order valence-electron chi connectivity index (χ1n) is 5.77. The van der Waals surface area contributed by atoms with E-state index in [4.69, 9.17) is 0 Å². The third kappa shape index (κ3) is 1.88. The molecule has 0 radical (unpaired) electrons. The van der Waals surface area contributed by atoms with Crippen molar-refractivity contribution in [3.63, 3.8) is 0 Å². The van der Waals surface area contributed by atoms with E-state index in [2.05, 4.69) is 36.3 Å². The van der Waals surface area contributed by atoms with E-state index in [1.807, 2.05) is 11.3 Å². The lowest BCUT2D eigenvalue weighted by atomic mass is 9.77. The maximum absolute atomic E-state index is 4.29. The first-order chi connectivity index (χ1) is 7.29. The maximum atomic E-state index is 4.29. The lowest BCUT2D eigenvalue weighted by Crippen LogP contribution is -2.44. The van der Waals surface area contributed by atoms with Crippen molar-refractivity contribution in [1.29, 1.82) is 0 Å². The monoisotopic (exact) mass is 221 g/mol. The van der Waals surface area contributed by atoms with Crippen molar-refractivity contribution in [2.75, 3.05) is 6.54 Å². The number of likely N-dealkylation sites (N-methyl/N-ethyl adjacent to an activating group) is 1. The Morgan fingerprint density at radius 1 is 1.53 bits per heavy atom. The van der Waals surface area contributed by atoms with Gasteiger partial charge in [0.15, 0.2) is 0 Å². The van der Waals surface area contributed by atoms with Crippen molar-refractivity contribution < 1.29 is 0 Å². The van der Waals surface area contributed by atoms with Crippen molar-refractivity contribution in [2.24, 2.45) is 0 Å². The lowest BCUT2D eigenvalue weighted by Gasteiger charge is -2.39. The van der Waals surface area contributed by atoms with E-state index in [-0.39, 0.29) is 5.54 Å². The lowest BCUT2D eigenvalue weighted by molar-refractivity contribution is 0.324. The Labute approximate surface area is 96.2 Å². The average molecular weight is 221 g/mol. The SMILES string of the molecule is C=C1CCCC[C@@]1(NCC)c1cccs1. The van der Waals surface area contributed by atoms with E-state index in [1.54, 1.807) is 0 Å². The van der Waals surface area contributed by atoms with Crippen LogP contribution >= 0.6 is 11.3 Å². The average Bonchev–Trinajstić information content (AvgIpc) is 2.75. The molecule has 0 saturated heterocycles. The molecule has 1 saturated carbocycles. The number of thiophene rings is 1. The largest absolute Gasteiger partial charge is 0.304 e. The summed E-state index contributed by atoms with van der Waals surface area (Å²) in [6, 6.07) is 4.38. The Hall–Kier alpha value is -0.600. The molecule has 0 aromatic carbocycles. The van der Waals surface area contributed by atoms with Gasteiger partial charge in [-0.05, 0) is 37.3 Å². The van der Waals surface area contributed by atoms with Crippen LogP contribution in [0.2, 0.25) is 0 Å². The summed E-state index contributed by atoms with van der Waals surface area (Å²) in [5.74, 6) is 0. The summed E-state index contributed by atoms with van der Waals surface area (Å²) >= 11 is 1.85. The highest BCUT2D eigenvalue weighted by molar-refractivity contribution is 7.10. The molecule has 1 aromatic heterocycles. The van der Waals surface area contributed by atoms with Crippen molar-refractivity contribution >= 4 is 11.3 Å². The number of rotatable bonds is 3. The highest BCUT2D eigenvalue weighted by atomic mass is 32.1. The molecule has 1 aliphatic rings. The van der Waals surface area contributed by atoms with Crippen molar-refractivity contribution in [1.82, 2.24) is 5.32 Å². The molecule has 82 valence electrons.